The topological polar surface area (TPSA) is 188 Å². The largest absolute Gasteiger partial charge is 0.597 e. The Morgan fingerprint density at radius 2 is 1.71 bits per heavy atom. The normalized spacial score (nSPS) is 12.7. The maximum absolute atomic E-state index is 11.3. The Balaban J connectivity index is 3.21. The molecule has 0 heterocycles. The van der Waals surface area contributed by atoms with Crippen LogP contribution in [0.4, 0.5) is 17.1 Å². The molecule has 0 aliphatic rings. The molecule has 0 saturated carbocycles. The average molecular weight is 301 g/mol. The van der Waals surface area contributed by atoms with Crippen LogP contribution in [0.5, 0.6) is 0 Å². The number of azo groups is 1. The van der Waals surface area contributed by atoms with E-state index in [4.69, 9.17) is 5.11 Å². The lowest BCUT2D eigenvalue weighted by Crippen LogP contribution is -2.28. The van der Waals surface area contributed by atoms with Gasteiger partial charge in [-0.1, -0.05) is 4.86 Å². The standard InChI is InChI=1S/C8H7N5O8/c14-8(4-10(15)16)11(17)9-6-2-1-5(12(18)19)3-7(6)13(20)21/h1-3,8,14H,4H2. The van der Waals surface area contributed by atoms with Crippen LogP contribution in [-0.2, 0) is 0 Å². The summed E-state index contributed by atoms with van der Waals surface area (Å²) in [6.07, 6.45) is -2.14. The Morgan fingerprint density at radius 3 is 2.19 bits per heavy atom. The van der Waals surface area contributed by atoms with E-state index in [1.165, 1.54) is 0 Å². The Labute approximate surface area is 114 Å². The number of hydrogen-bond acceptors (Lipinski definition) is 9. The molecule has 1 aromatic carbocycles. The molecule has 1 N–H and O–H groups in total. The van der Waals surface area contributed by atoms with E-state index >= 15 is 0 Å². The molecule has 13 nitrogen and oxygen atoms in total. The zero-order chi connectivity index (χ0) is 16.2. The zero-order valence-corrected chi connectivity index (χ0v) is 10.1. The highest BCUT2D eigenvalue weighted by atomic mass is 16.6. The maximum atomic E-state index is 11.3. The first-order valence-electron chi connectivity index (χ1n) is 5.13. The van der Waals surface area contributed by atoms with E-state index < -0.39 is 49.5 Å². The fourth-order valence-electron chi connectivity index (χ4n) is 1.23. The first kappa shape index (κ1) is 15.8. The third-order valence-electron chi connectivity index (χ3n) is 2.14. The van der Waals surface area contributed by atoms with Crippen molar-refractivity contribution in [3.8, 4) is 0 Å². The lowest BCUT2D eigenvalue weighted by molar-refractivity contribution is -0.650. The van der Waals surface area contributed by atoms with Gasteiger partial charge in [-0.3, -0.25) is 30.3 Å². The smallest absolute Gasteiger partial charge is 0.356 e. The number of rotatable bonds is 6. The summed E-state index contributed by atoms with van der Waals surface area (Å²) in [7, 11) is 0. The molecule has 0 radical (unpaired) electrons. The molecule has 0 amide bonds. The van der Waals surface area contributed by atoms with E-state index in [-0.39, 0.29) is 0 Å². The molecule has 0 aromatic heterocycles. The van der Waals surface area contributed by atoms with Crippen LogP contribution in [0.25, 0.3) is 0 Å². The number of hydrogen-bond donors (Lipinski definition) is 1. The summed E-state index contributed by atoms with van der Waals surface area (Å²) in [5.41, 5.74) is -2.02. The second-order valence-electron chi connectivity index (χ2n) is 3.59. The third-order valence-corrected chi connectivity index (χ3v) is 2.14. The number of nitro groups is 3. The molecule has 13 heteroatoms. The monoisotopic (exact) mass is 301 g/mol. The molecule has 0 aliphatic heterocycles. The summed E-state index contributed by atoms with van der Waals surface area (Å²) in [6, 6.07) is 2.26. The summed E-state index contributed by atoms with van der Waals surface area (Å²) in [5, 5.41) is 54.9. The Kier molecular flexibility index (Phi) is 4.74. The van der Waals surface area contributed by atoms with Crippen molar-refractivity contribution in [3.05, 3.63) is 53.7 Å². The van der Waals surface area contributed by atoms with Gasteiger partial charge in [0.25, 0.3) is 12.2 Å². The highest BCUT2D eigenvalue weighted by molar-refractivity contribution is 5.61. The summed E-state index contributed by atoms with van der Waals surface area (Å²) >= 11 is 0. The van der Waals surface area contributed by atoms with Crippen molar-refractivity contribution in [3.63, 3.8) is 0 Å². The Hall–Kier alpha value is -3.22. The molecule has 1 atom stereocenters. The molecule has 1 rings (SSSR count). The van der Waals surface area contributed by atoms with Gasteiger partial charge in [-0.05, 0) is 6.07 Å². The fraction of sp³-hybridized carbons (Fsp3) is 0.250. The number of hydroxylamine groups is 1. The highest BCUT2D eigenvalue weighted by Gasteiger charge is 2.25. The number of nitrogens with zero attached hydrogens (tertiary/aromatic N) is 5. The van der Waals surface area contributed by atoms with Crippen LogP contribution >= 0.6 is 0 Å². The van der Waals surface area contributed by atoms with E-state index in [1.54, 1.807) is 0 Å². The van der Waals surface area contributed by atoms with Crippen molar-refractivity contribution in [1.82, 2.24) is 0 Å². The van der Waals surface area contributed by atoms with Crippen LogP contribution in [0.3, 0.4) is 0 Å². The van der Waals surface area contributed by atoms with E-state index in [1.807, 2.05) is 0 Å². The number of aliphatic hydroxyl groups excluding tert-OH is 1. The van der Waals surface area contributed by atoms with Crippen molar-refractivity contribution in [2.24, 2.45) is 5.11 Å². The Bertz CT molecular complexity index is 629. The van der Waals surface area contributed by atoms with Crippen LogP contribution < -0.4 is 0 Å². The molecule has 0 bridgehead atoms. The van der Waals surface area contributed by atoms with Gasteiger partial charge < -0.3 is 10.3 Å². The van der Waals surface area contributed by atoms with Gasteiger partial charge in [-0.15, -0.1) is 0 Å². The predicted octanol–water partition coefficient (Wildman–Crippen LogP) is 0.692. The minimum Gasteiger partial charge on any atom is -0.597 e. The van der Waals surface area contributed by atoms with Crippen molar-refractivity contribution >= 4 is 17.1 Å². The molecule has 0 aliphatic carbocycles. The maximum Gasteiger partial charge on any atom is 0.356 e. The molecule has 112 valence electrons. The van der Waals surface area contributed by atoms with Gasteiger partial charge in [0.05, 0.1) is 15.9 Å². The minimum absolute atomic E-state index is 0.489. The lowest BCUT2D eigenvalue weighted by atomic mass is 10.2. The number of benzene rings is 1. The second-order valence-corrected chi connectivity index (χ2v) is 3.59. The van der Waals surface area contributed by atoms with Gasteiger partial charge >= 0.3 is 11.9 Å². The second kappa shape index (κ2) is 6.29. The van der Waals surface area contributed by atoms with E-state index in [9.17, 15) is 35.6 Å². The number of aliphatic hydroxyl groups is 1. The van der Waals surface area contributed by atoms with Crippen LogP contribution in [0, 0.1) is 35.6 Å². The molecular formula is C8H7N5O8. The fourth-order valence-corrected chi connectivity index (χ4v) is 1.23. The highest BCUT2D eigenvalue weighted by Crippen LogP contribution is 2.31. The number of nitro benzene ring substituents is 2. The van der Waals surface area contributed by atoms with Crippen LogP contribution in [-0.4, -0.2) is 37.5 Å². The van der Waals surface area contributed by atoms with Crippen LogP contribution in [0.1, 0.15) is 0 Å². The van der Waals surface area contributed by atoms with Gasteiger partial charge in [-0.2, -0.15) is 0 Å². The van der Waals surface area contributed by atoms with Crippen molar-refractivity contribution < 1.29 is 24.7 Å². The summed E-state index contributed by atoms with van der Waals surface area (Å²) in [4.78, 5) is 28.0. The summed E-state index contributed by atoms with van der Waals surface area (Å²) in [6.45, 7) is -1.15. The number of non-ortho nitro benzene ring substituents is 1. The van der Waals surface area contributed by atoms with Gasteiger partial charge in [0.1, 0.15) is 0 Å². The lowest BCUT2D eigenvalue weighted by Gasteiger charge is -2.04. The van der Waals surface area contributed by atoms with E-state index in [0.29, 0.717) is 6.07 Å². The van der Waals surface area contributed by atoms with Gasteiger partial charge in [0, 0.05) is 16.1 Å². The van der Waals surface area contributed by atoms with E-state index in [0.717, 1.165) is 12.1 Å². The summed E-state index contributed by atoms with van der Waals surface area (Å²) in [5.74, 6) is 0. The third kappa shape index (κ3) is 4.13. The zero-order valence-electron chi connectivity index (χ0n) is 10.1. The van der Waals surface area contributed by atoms with Crippen molar-refractivity contribution in [2.75, 3.05) is 6.54 Å². The minimum atomic E-state index is -2.14. The predicted molar refractivity (Wildman–Crippen MR) is 63.3 cm³/mol. The molecule has 0 saturated heterocycles. The Morgan fingerprint density at radius 1 is 1.10 bits per heavy atom. The quantitative estimate of drug-likeness (QED) is 0.261. The van der Waals surface area contributed by atoms with Crippen molar-refractivity contribution in [2.45, 2.75) is 6.23 Å². The molecule has 21 heavy (non-hydrogen) atoms. The van der Waals surface area contributed by atoms with E-state index in [2.05, 4.69) is 5.11 Å². The first-order valence-corrected chi connectivity index (χ1v) is 5.13. The summed E-state index contributed by atoms with van der Waals surface area (Å²) < 4.78 is 0. The molecule has 0 spiro atoms. The first-order chi connectivity index (χ1) is 9.72. The van der Waals surface area contributed by atoms with Crippen LogP contribution in [0.2, 0.25) is 0 Å². The molecular weight excluding hydrogens is 294 g/mol. The van der Waals surface area contributed by atoms with Gasteiger partial charge in [0.2, 0.25) is 5.69 Å². The van der Waals surface area contributed by atoms with Crippen LogP contribution in [0.15, 0.2) is 23.3 Å². The molecule has 1 unspecified atom stereocenters. The average Bonchev–Trinajstić information content (AvgIpc) is 2.37. The SMILES string of the molecule is O=[N+]([O-])CC(O)[N+]([O-])=Nc1ccc([N+](=O)[O-])cc1[N+](=O)[O-]. The van der Waals surface area contributed by atoms with Gasteiger partial charge in [-0.25, -0.2) is 0 Å². The molecule has 0 fully saturated rings. The van der Waals surface area contributed by atoms with Gasteiger partial charge in [0.15, 0.2) is 0 Å². The molecule has 1 aromatic rings. The van der Waals surface area contributed by atoms with Crippen molar-refractivity contribution in [1.29, 1.82) is 0 Å².